The fraction of sp³-hybridized carbons (Fsp3) is 0.938. The quantitative estimate of drug-likeness (QED) is 0.742. The summed E-state index contributed by atoms with van der Waals surface area (Å²) in [6.45, 7) is 5.14. The van der Waals surface area contributed by atoms with Crippen LogP contribution in [-0.2, 0) is 4.79 Å². The van der Waals surface area contributed by atoms with Crippen molar-refractivity contribution in [1.29, 1.82) is 0 Å². The monoisotopic (exact) mass is 251 g/mol. The van der Waals surface area contributed by atoms with E-state index in [0.29, 0.717) is 11.9 Å². The molecule has 0 radical (unpaired) electrons. The maximum atomic E-state index is 11.9. The lowest BCUT2D eigenvalue weighted by Crippen LogP contribution is -2.44. The average molecular weight is 251 g/mol. The summed E-state index contributed by atoms with van der Waals surface area (Å²) in [5.41, 5.74) is 0. The molecule has 0 spiro atoms. The summed E-state index contributed by atoms with van der Waals surface area (Å²) < 4.78 is 0. The molecular weight excluding hydrogens is 222 g/mol. The molecule has 2 heteroatoms. The number of hydrogen-bond donors (Lipinski definition) is 0. The molecule has 2 aliphatic carbocycles. The average Bonchev–Trinajstić information content (AvgIpc) is 2.38. The number of amides is 1. The van der Waals surface area contributed by atoms with Gasteiger partial charge in [-0.2, -0.15) is 0 Å². The zero-order valence-electron chi connectivity index (χ0n) is 12.2. The summed E-state index contributed by atoms with van der Waals surface area (Å²) in [5, 5.41) is 0. The van der Waals surface area contributed by atoms with Crippen molar-refractivity contribution in [2.75, 3.05) is 6.54 Å². The van der Waals surface area contributed by atoms with E-state index in [4.69, 9.17) is 0 Å². The standard InChI is InChI=1S/C16H29NO/c1-13-8-10-16(11-9-13)17(14(2)18)12-15-6-4-3-5-7-15/h13,15-16H,3-12H2,1-2H3. The van der Waals surface area contributed by atoms with Crippen molar-refractivity contribution >= 4 is 5.91 Å². The third-order valence-electron chi connectivity index (χ3n) is 5.01. The van der Waals surface area contributed by atoms with Gasteiger partial charge in [0.2, 0.25) is 5.91 Å². The van der Waals surface area contributed by atoms with E-state index in [0.717, 1.165) is 18.4 Å². The number of carbonyl (C=O) groups is 1. The Hall–Kier alpha value is -0.530. The van der Waals surface area contributed by atoms with Crippen molar-refractivity contribution in [1.82, 2.24) is 4.90 Å². The molecule has 18 heavy (non-hydrogen) atoms. The highest BCUT2D eigenvalue weighted by molar-refractivity contribution is 5.73. The zero-order chi connectivity index (χ0) is 13.0. The molecule has 2 rings (SSSR count). The third-order valence-corrected chi connectivity index (χ3v) is 5.01. The van der Waals surface area contributed by atoms with Crippen molar-refractivity contribution in [3.05, 3.63) is 0 Å². The Balaban J connectivity index is 1.88. The lowest BCUT2D eigenvalue weighted by Gasteiger charge is -2.38. The zero-order valence-corrected chi connectivity index (χ0v) is 12.2. The van der Waals surface area contributed by atoms with Crippen molar-refractivity contribution in [3.63, 3.8) is 0 Å². The molecule has 0 N–H and O–H groups in total. The van der Waals surface area contributed by atoms with Gasteiger partial charge in [-0.15, -0.1) is 0 Å². The molecule has 1 amide bonds. The predicted octanol–water partition coefficient (Wildman–Crippen LogP) is 3.99. The Morgan fingerprint density at radius 1 is 1.00 bits per heavy atom. The Kier molecular flexibility index (Phi) is 5.08. The van der Waals surface area contributed by atoms with Gasteiger partial charge >= 0.3 is 0 Å². The summed E-state index contributed by atoms with van der Waals surface area (Å²) in [4.78, 5) is 14.1. The lowest BCUT2D eigenvalue weighted by molar-refractivity contribution is -0.133. The molecule has 0 atom stereocenters. The van der Waals surface area contributed by atoms with E-state index in [-0.39, 0.29) is 0 Å². The summed E-state index contributed by atoms with van der Waals surface area (Å²) in [5.74, 6) is 1.95. The highest BCUT2D eigenvalue weighted by Crippen LogP contribution is 2.30. The minimum atomic E-state index is 0.306. The Morgan fingerprint density at radius 3 is 2.17 bits per heavy atom. The first-order valence-electron chi connectivity index (χ1n) is 7.94. The van der Waals surface area contributed by atoms with Crippen LogP contribution in [0.1, 0.15) is 71.6 Å². The summed E-state index contributed by atoms with van der Waals surface area (Å²) in [7, 11) is 0. The molecule has 0 aromatic heterocycles. The van der Waals surface area contributed by atoms with Crippen LogP contribution in [0.25, 0.3) is 0 Å². The smallest absolute Gasteiger partial charge is 0.219 e. The van der Waals surface area contributed by atoms with E-state index in [2.05, 4.69) is 11.8 Å². The van der Waals surface area contributed by atoms with Gasteiger partial charge in [0.05, 0.1) is 0 Å². The second-order valence-corrected chi connectivity index (χ2v) is 6.59. The number of carbonyl (C=O) groups excluding carboxylic acids is 1. The Bertz CT molecular complexity index is 262. The van der Waals surface area contributed by atoms with Crippen molar-refractivity contribution in [2.24, 2.45) is 11.8 Å². The molecule has 104 valence electrons. The third kappa shape index (κ3) is 3.73. The van der Waals surface area contributed by atoms with E-state index < -0.39 is 0 Å². The SMILES string of the molecule is CC(=O)N(CC1CCCCC1)C1CCC(C)CC1. The number of nitrogens with zero attached hydrogens (tertiary/aromatic N) is 1. The molecule has 0 bridgehead atoms. The van der Waals surface area contributed by atoms with Crippen molar-refractivity contribution in [2.45, 2.75) is 77.7 Å². The van der Waals surface area contributed by atoms with Gasteiger partial charge in [-0.25, -0.2) is 0 Å². The van der Waals surface area contributed by atoms with E-state index >= 15 is 0 Å². The molecule has 0 aromatic rings. The van der Waals surface area contributed by atoms with Crippen LogP contribution in [0.15, 0.2) is 0 Å². The van der Waals surface area contributed by atoms with Gasteiger partial charge < -0.3 is 4.90 Å². The van der Waals surface area contributed by atoms with Crippen LogP contribution < -0.4 is 0 Å². The highest BCUT2D eigenvalue weighted by Gasteiger charge is 2.28. The van der Waals surface area contributed by atoms with E-state index in [1.807, 2.05) is 0 Å². The van der Waals surface area contributed by atoms with E-state index in [1.165, 1.54) is 57.8 Å². The van der Waals surface area contributed by atoms with Crippen LogP contribution in [0.2, 0.25) is 0 Å². The largest absolute Gasteiger partial charge is 0.340 e. The summed E-state index contributed by atoms with van der Waals surface area (Å²) >= 11 is 0. The van der Waals surface area contributed by atoms with Crippen LogP contribution in [0, 0.1) is 11.8 Å². The fourth-order valence-electron chi connectivity index (χ4n) is 3.74. The Labute approximate surface area is 112 Å². The lowest BCUT2D eigenvalue weighted by atomic mass is 9.84. The first-order chi connectivity index (χ1) is 8.66. The minimum Gasteiger partial charge on any atom is -0.340 e. The molecular formula is C16H29NO. The van der Waals surface area contributed by atoms with Gasteiger partial charge in [-0.05, 0) is 50.4 Å². The first-order valence-corrected chi connectivity index (χ1v) is 7.94. The molecule has 2 saturated carbocycles. The maximum absolute atomic E-state index is 11.9. The molecule has 0 aliphatic heterocycles. The van der Waals surface area contributed by atoms with Crippen molar-refractivity contribution in [3.8, 4) is 0 Å². The molecule has 0 aromatic carbocycles. The summed E-state index contributed by atoms with van der Waals surface area (Å²) in [6, 6.07) is 0.542. The molecule has 2 nitrogen and oxygen atoms in total. The summed E-state index contributed by atoms with van der Waals surface area (Å²) in [6.07, 6.45) is 11.9. The minimum absolute atomic E-state index is 0.306. The topological polar surface area (TPSA) is 20.3 Å². The first kappa shape index (κ1) is 13.9. The van der Waals surface area contributed by atoms with Crippen molar-refractivity contribution < 1.29 is 4.79 Å². The predicted molar refractivity (Wildman–Crippen MR) is 75.4 cm³/mol. The number of rotatable bonds is 3. The normalized spacial score (nSPS) is 30.1. The second-order valence-electron chi connectivity index (χ2n) is 6.59. The molecule has 0 heterocycles. The van der Waals surface area contributed by atoms with Gasteiger partial charge in [0, 0.05) is 19.5 Å². The second kappa shape index (κ2) is 6.58. The van der Waals surface area contributed by atoms with Crippen LogP contribution in [0.5, 0.6) is 0 Å². The van der Waals surface area contributed by atoms with Gasteiger partial charge in [0.15, 0.2) is 0 Å². The van der Waals surface area contributed by atoms with E-state index in [1.54, 1.807) is 6.92 Å². The van der Waals surface area contributed by atoms with Crippen LogP contribution >= 0.6 is 0 Å². The van der Waals surface area contributed by atoms with Gasteiger partial charge in [-0.3, -0.25) is 4.79 Å². The molecule has 0 unspecified atom stereocenters. The van der Waals surface area contributed by atoms with Gasteiger partial charge in [0.25, 0.3) is 0 Å². The highest BCUT2D eigenvalue weighted by atomic mass is 16.2. The molecule has 2 aliphatic rings. The van der Waals surface area contributed by atoms with Gasteiger partial charge in [0.1, 0.15) is 0 Å². The molecule has 0 saturated heterocycles. The fourth-order valence-corrected chi connectivity index (χ4v) is 3.74. The maximum Gasteiger partial charge on any atom is 0.219 e. The number of hydrogen-bond acceptors (Lipinski definition) is 1. The van der Waals surface area contributed by atoms with Crippen LogP contribution in [0.3, 0.4) is 0 Å². The van der Waals surface area contributed by atoms with E-state index in [9.17, 15) is 4.79 Å². The van der Waals surface area contributed by atoms with Gasteiger partial charge in [-0.1, -0.05) is 26.2 Å². The van der Waals surface area contributed by atoms with Crippen LogP contribution in [0.4, 0.5) is 0 Å². The molecule has 2 fully saturated rings. The van der Waals surface area contributed by atoms with Crippen LogP contribution in [-0.4, -0.2) is 23.4 Å². The Morgan fingerprint density at radius 2 is 1.61 bits per heavy atom.